The molecule has 0 N–H and O–H groups in total. The van der Waals surface area contributed by atoms with Crippen LogP contribution in [0.15, 0.2) is 60.7 Å². The minimum atomic E-state index is 0. The maximum atomic E-state index is 2.37. The standard InChI is InChI=1S/C10H18P2.2C5H5.Hf/c1-9(2,3)7-11-8(12(7)11)10(4,5)6;2*1-2-4-5-3-1;/h1-6H3;2*1-5H;/q-2;-5;-1;. The summed E-state index contributed by atoms with van der Waals surface area (Å²) < 4.78 is 0. The molecule has 0 saturated carbocycles. The SMILES string of the molecule is CC(C)(C)[c-]1p2[c-](C(C)(C)C)p12.[Hf].[cH-]1[cH-][cH-][cH-][cH-]1.c1cc[cH-]c1. The second-order valence-corrected chi connectivity index (χ2v) is 13.8. The predicted molar refractivity (Wildman–Crippen MR) is 104 cm³/mol. The molecule has 0 amide bonds. The molecule has 3 heteroatoms. The van der Waals surface area contributed by atoms with Gasteiger partial charge < -0.3 is 54.4 Å². The molecule has 2 aromatic carbocycles. The quantitative estimate of drug-likeness (QED) is 0.169. The van der Waals surface area contributed by atoms with Crippen molar-refractivity contribution in [1.29, 1.82) is 0 Å². The van der Waals surface area contributed by atoms with Crippen molar-refractivity contribution in [3.63, 3.8) is 0 Å². The van der Waals surface area contributed by atoms with Gasteiger partial charge in [-0.1, -0.05) is 41.5 Å². The summed E-state index contributed by atoms with van der Waals surface area (Å²) in [5.41, 5.74) is 1.07. The Balaban J connectivity index is 0.000000200. The average Bonchev–Trinajstić information content (AvgIpc) is 3.07. The maximum Gasteiger partial charge on any atom is 0 e. The van der Waals surface area contributed by atoms with Gasteiger partial charge in [0, 0.05) is 25.8 Å². The van der Waals surface area contributed by atoms with E-state index in [0.717, 1.165) is 0 Å². The van der Waals surface area contributed by atoms with Crippen LogP contribution in [-0.4, -0.2) is 0 Å². The van der Waals surface area contributed by atoms with Crippen molar-refractivity contribution in [3.05, 3.63) is 70.7 Å². The first-order chi connectivity index (χ1) is 10.2. The van der Waals surface area contributed by atoms with E-state index in [0.29, 0.717) is 24.9 Å². The zero-order valence-corrected chi connectivity index (χ0v) is 20.5. The molecule has 0 nitrogen and oxygen atoms in total. The third-order valence-electron chi connectivity index (χ3n) is 3.38. The molecule has 0 fully saturated rings. The normalized spacial score (nSPS) is 13.1. The van der Waals surface area contributed by atoms with Gasteiger partial charge in [-0.25, -0.2) is 12.1 Å². The van der Waals surface area contributed by atoms with Gasteiger partial charge in [0.25, 0.3) is 0 Å². The fourth-order valence-corrected chi connectivity index (χ4v) is 13.3. The Morgan fingerprint density at radius 1 is 0.652 bits per heavy atom. The van der Waals surface area contributed by atoms with E-state index in [-0.39, 0.29) is 25.8 Å². The zero-order valence-electron chi connectivity index (χ0n) is 15.2. The van der Waals surface area contributed by atoms with E-state index in [1.807, 2.05) is 70.7 Å². The van der Waals surface area contributed by atoms with Crippen molar-refractivity contribution >= 4 is 14.0 Å². The molecule has 130 valence electrons. The first kappa shape index (κ1) is 21.0. The number of rotatable bonds is 0. The van der Waals surface area contributed by atoms with Gasteiger partial charge in [-0.15, -0.1) is 10.8 Å². The minimum Gasteiger partial charge on any atom is -0.748 e. The van der Waals surface area contributed by atoms with E-state index in [1.165, 1.54) is 0 Å². The van der Waals surface area contributed by atoms with Gasteiger partial charge >= 0.3 is 0 Å². The van der Waals surface area contributed by atoms with Gasteiger partial charge in [-0.2, -0.15) is 18.2 Å². The Kier molecular flexibility index (Phi) is 7.59. The fourth-order valence-electron chi connectivity index (χ4n) is 2.36. The first-order valence-corrected chi connectivity index (χ1v) is 11.3. The molecular weight excluding hydrogens is 481 g/mol. The summed E-state index contributed by atoms with van der Waals surface area (Å²) in [6, 6.07) is 20.0. The second kappa shape index (κ2) is 8.33. The predicted octanol–water partition coefficient (Wildman–Crippen LogP) is 7.69. The molecule has 0 spiro atoms. The van der Waals surface area contributed by atoms with Crippen LogP contribution in [0.4, 0.5) is 0 Å². The average molecular weight is 509 g/mol. The molecule has 2 aromatic heterocycles. The molecule has 0 aliphatic rings. The van der Waals surface area contributed by atoms with E-state index in [2.05, 4.69) is 41.5 Å². The van der Waals surface area contributed by atoms with Crippen LogP contribution < -0.4 is 0 Å². The third-order valence-corrected chi connectivity index (χ3v) is 12.1. The van der Waals surface area contributed by atoms with Crippen LogP contribution in [0.25, 0.3) is 0 Å². The number of fused-ring (bicyclic) bond motifs is 1. The molecule has 23 heavy (non-hydrogen) atoms. The van der Waals surface area contributed by atoms with E-state index in [4.69, 9.17) is 0 Å². The summed E-state index contributed by atoms with van der Waals surface area (Å²) in [5, 5.41) is 3.88. The molecule has 0 radical (unpaired) electrons. The van der Waals surface area contributed by atoms with Gasteiger partial charge in [0.05, 0.1) is 0 Å². The number of hydrogen-bond acceptors (Lipinski definition) is 0. The molecule has 0 saturated heterocycles. The van der Waals surface area contributed by atoms with Gasteiger partial charge in [0.15, 0.2) is 0 Å². The van der Waals surface area contributed by atoms with Gasteiger partial charge in [-0.3, -0.25) is 0 Å². The third kappa shape index (κ3) is 6.04. The summed E-state index contributed by atoms with van der Waals surface area (Å²) >= 11 is 0. The minimum absolute atomic E-state index is 0. The van der Waals surface area contributed by atoms with Crippen LogP contribution in [0.3, 0.4) is 0 Å². The van der Waals surface area contributed by atoms with Crippen LogP contribution in [0.5, 0.6) is 0 Å². The molecule has 0 aliphatic carbocycles. The molecule has 4 rings (SSSR count). The van der Waals surface area contributed by atoms with Gasteiger partial charge in [0.1, 0.15) is 0 Å². The molecule has 0 atom stereocenters. The van der Waals surface area contributed by atoms with Crippen molar-refractivity contribution in [2.24, 2.45) is 0 Å². The molecular formula is C20H28HfP2-8. The van der Waals surface area contributed by atoms with Gasteiger partial charge in [0.2, 0.25) is 0 Å². The van der Waals surface area contributed by atoms with Crippen LogP contribution in [0.2, 0.25) is 0 Å². The van der Waals surface area contributed by atoms with Crippen LogP contribution >= 0.6 is 14.0 Å². The summed E-state index contributed by atoms with van der Waals surface area (Å²) in [4.78, 5) is 0. The Morgan fingerprint density at radius 2 is 0.957 bits per heavy atom. The van der Waals surface area contributed by atoms with Crippen molar-refractivity contribution in [2.45, 2.75) is 52.4 Å². The second-order valence-electron chi connectivity index (χ2n) is 7.70. The van der Waals surface area contributed by atoms with Crippen LogP contribution in [0, 0.1) is 0 Å². The van der Waals surface area contributed by atoms with Crippen molar-refractivity contribution in [1.82, 2.24) is 0 Å². The Labute approximate surface area is 162 Å². The van der Waals surface area contributed by atoms with Crippen molar-refractivity contribution in [3.8, 4) is 0 Å². The largest absolute Gasteiger partial charge is 0.748 e. The summed E-state index contributed by atoms with van der Waals surface area (Å²) in [6.07, 6.45) is 0. The Bertz CT molecular complexity index is 582. The fraction of sp³-hybridized carbons (Fsp3) is 0.400. The summed E-state index contributed by atoms with van der Waals surface area (Å²) in [5.74, 6) is 0. The molecule has 4 aromatic rings. The zero-order chi connectivity index (χ0) is 16.4. The molecule has 0 unspecified atom stereocenters. The molecule has 0 aliphatic heterocycles. The van der Waals surface area contributed by atoms with E-state index in [9.17, 15) is 0 Å². The topological polar surface area (TPSA) is 0 Å². The summed E-state index contributed by atoms with van der Waals surface area (Å²) in [7, 11) is 0.783. The number of hydrogen-bond donors (Lipinski definition) is 0. The van der Waals surface area contributed by atoms with Gasteiger partial charge in [-0.05, 0) is 0 Å². The monoisotopic (exact) mass is 510 g/mol. The smallest absolute Gasteiger partial charge is 0 e. The van der Waals surface area contributed by atoms with Crippen LogP contribution in [0.1, 0.15) is 51.6 Å². The maximum absolute atomic E-state index is 2.37. The molecule has 0 bridgehead atoms. The van der Waals surface area contributed by atoms with E-state index >= 15 is 0 Å². The first-order valence-electron chi connectivity index (χ1n) is 7.93. The van der Waals surface area contributed by atoms with Crippen molar-refractivity contribution in [2.75, 3.05) is 0 Å². The Hall–Kier alpha value is -0.0899. The van der Waals surface area contributed by atoms with Crippen LogP contribution in [-0.2, 0) is 36.7 Å². The van der Waals surface area contributed by atoms with Crippen molar-refractivity contribution < 1.29 is 25.8 Å². The van der Waals surface area contributed by atoms with E-state index in [1.54, 1.807) is 0 Å². The summed E-state index contributed by atoms with van der Waals surface area (Å²) in [6.45, 7) is 14.2. The molecule has 2 heterocycles. The Morgan fingerprint density at radius 3 is 1.13 bits per heavy atom. The van der Waals surface area contributed by atoms with E-state index < -0.39 is 0 Å².